The zero-order chi connectivity index (χ0) is 16.9. The minimum Gasteiger partial charge on any atom is -0.274 e. The number of rotatable bonds is 1. The molecule has 1 aliphatic heterocycles. The molecule has 1 aliphatic rings. The van der Waals surface area contributed by atoms with Crippen molar-refractivity contribution < 1.29 is 9.59 Å². The number of aromatic nitrogens is 1. The lowest BCUT2D eigenvalue weighted by Crippen LogP contribution is -2.16. The van der Waals surface area contributed by atoms with E-state index in [1.807, 2.05) is 30.5 Å². The Bertz CT molecular complexity index is 859. The molecule has 0 radical (unpaired) electrons. The van der Waals surface area contributed by atoms with Crippen LogP contribution in [0, 0.1) is 0 Å². The molecule has 3 aromatic rings. The van der Waals surface area contributed by atoms with Crippen molar-refractivity contribution in [2.24, 2.45) is 0 Å². The summed E-state index contributed by atoms with van der Waals surface area (Å²) >= 11 is 1.72. The number of halogens is 1. The zero-order valence-corrected chi connectivity index (χ0v) is 15.0. The van der Waals surface area contributed by atoms with Crippen LogP contribution in [0.1, 0.15) is 12.8 Å². The van der Waals surface area contributed by atoms with Gasteiger partial charge in [-0.25, -0.2) is 3.11 Å². The number of imide groups is 1. The summed E-state index contributed by atoms with van der Waals surface area (Å²) in [6.07, 6.45) is 2.65. The fourth-order valence-corrected chi connectivity index (χ4v) is 2.98. The monoisotopic (exact) mass is 430 g/mol. The first kappa shape index (κ1) is 16.6. The molecule has 1 saturated heterocycles. The van der Waals surface area contributed by atoms with Gasteiger partial charge in [0.15, 0.2) is 0 Å². The molecule has 0 aliphatic carbocycles. The lowest BCUT2D eigenvalue weighted by Gasteiger charge is -2.04. The first-order valence-electron chi connectivity index (χ1n) is 7.57. The van der Waals surface area contributed by atoms with Crippen molar-refractivity contribution in [2.45, 2.75) is 12.8 Å². The fraction of sp³-hybridized carbons (Fsp3) is 0.105. The van der Waals surface area contributed by atoms with E-state index in [-0.39, 0.29) is 11.8 Å². The molecule has 4 rings (SSSR count). The second-order valence-corrected chi connectivity index (χ2v) is 6.28. The van der Waals surface area contributed by atoms with Gasteiger partial charge in [0.1, 0.15) is 0 Å². The first-order chi connectivity index (χ1) is 11.7. The molecule has 0 bridgehead atoms. The molecule has 2 aromatic carbocycles. The Labute approximate surface area is 154 Å². The zero-order valence-electron chi connectivity index (χ0n) is 12.9. The lowest BCUT2D eigenvalue weighted by atomic mass is 10.0. The Hall–Kier alpha value is -2.28. The Kier molecular flexibility index (Phi) is 5.20. The van der Waals surface area contributed by atoms with Gasteiger partial charge in [0.05, 0.1) is 28.6 Å². The number of fused-ring (bicyclic) bond motifs is 1. The molecule has 4 nitrogen and oxygen atoms in total. The van der Waals surface area contributed by atoms with Crippen molar-refractivity contribution in [1.29, 1.82) is 0 Å². The van der Waals surface area contributed by atoms with Crippen molar-refractivity contribution in [3.05, 3.63) is 66.9 Å². The van der Waals surface area contributed by atoms with Crippen LogP contribution in [0.4, 0.5) is 0 Å². The van der Waals surface area contributed by atoms with Gasteiger partial charge in [-0.1, -0.05) is 54.6 Å². The largest absolute Gasteiger partial charge is 0.274 e. The van der Waals surface area contributed by atoms with E-state index in [4.69, 9.17) is 0 Å². The predicted octanol–water partition coefficient (Wildman–Crippen LogP) is 4.39. The molecule has 2 heterocycles. The molecule has 0 spiro atoms. The van der Waals surface area contributed by atoms with E-state index in [2.05, 4.69) is 41.4 Å². The van der Waals surface area contributed by atoms with Gasteiger partial charge < -0.3 is 0 Å². The van der Waals surface area contributed by atoms with Crippen molar-refractivity contribution in [1.82, 2.24) is 8.10 Å². The summed E-state index contributed by atoms with van der Waals surface area (Å²) < 4.78 is 1.14. The van der Waals surface area contributed by atoms with Gasteiger partial charge in [0.25, 0.3) is 0 Å². The van der Waals surface area contributed by atoms with E-state index in [1.165, 1.54) is 16.3 Å². The van der Waals surface area contributed by atoms with Crippen LogP contribution in [0.25, 0.3) is 22.0 Å². The molecule has 0 saturated carbocycles. The van der Waals surface area contributed by atoms with E-state index in [1.54, 1.807) is 22.9 Å². The Morgan fingerprint density at radius 3 is 2.08 bits per heavy atom. The summed E-state index contributed by atoms with van der Waals surface area (Å²) in [5, 5.41) is 2.44. The SMILES string of the molecule is O=C1CCC(=O)N1I.c1ccc(-c2nccc3ccccc23)cc1. The minimum atomic E-state index is -0.0735. The average molecular weight is 430 g/mol. The third-order valence-electron chi connectivity index (χ3n) is 3.71. The number of hydrogen-bond donors (Lipinski definition) is 0. The number of carbonyl (C=O) groups excluding carboxylic acids is 2. The molecule has 24 heavy (non-hydrogen) atoms. The first-order valence-corrected chi connectivity index (χ1v) is 8.54. The second kappa shape index (κ2) is 7.53. The van der Waals surface area contributed by atoms with Crippen LogP contribution >= 0.6 is 22.9 Å². The van der Waals surface area contributed by atoms with E-state index >= 15 is 0 Å². The van der Waals surface area contributed by atoms with Gasteiger partial charge in [-0.15, -0.1) is 0 Å². The molecule has 0 atom stereocenters. The standard InChI is InChI=1S/C15H11N.C4H4INO2/c1-2-7-13(8-3-1)15-14-9-5-4-6-12(14)10-11-16-15;5-6-3(7)1-2-4(6)8/h1-11H;1-2H2. The molecular formula is C19H15IN2O2. The smallest absolute Gasteiger partial charge is 0.238 e. The second-order valence-electron chi connectivity index (χ2n) is 5.32. The van der Waals surface area contributed by atoms with E-state index in [0.29, 0.717) is 12.8 Å². The number of amides is 2. The van der Waals surface area contributed by atoms with Gasteiger partial charge >= 0.3 is 0 Å². The average Bonchev–Trinajstić information content (AvgIpc) is 2.93. The van der Waals surface area contributed by atoms with Crippen LogP contribution in [0.2, 0.25) is 0 Å². The van der Waals surface area contributed by atoms with Gasteiger partial charge in [0.2, 0.25) is 11.8 Å². The van der Waals surface area contributed by atoms with E-state index < -0.39 is 0 Å². The molecule has 0 unspecified atom stereocenters. The normalized spacial score (nSPS) is 13.8. The highest BCUT2D eigenvalue weighted by molar-refractivity contribution is 14.1. The van der Waals surface area contributed by atoms with Crippen molar-refractivity contribution in [3.63, 3.8) is 0 Å². The molecule has 0 N–H and O–H groups in total. The van der Waals surface area contributed by atoms with E-state index in [9.17, 15) is 9.59 Å². The Balaban J connectivity index is 0.000000179. The van der Waals surface area contributed by atoms with Crippen LogP contribution < -0.4 is 0 Å². The van der Waals surface area contributed by atoms with Crippen LogP contribution in [0.15, 0.2) is 66.9 Å². The highest BCUT2D eigenvalue weighted by Crippen LogP contribution is 2.25. The Morgan fingerprint density at radius 2 is 1.46 bits per heavy atom. The maximum absolute atomic E-state index is 10.5. The van der Waals surface area contributed by atoms with Gasteiger partial charge in [-0.05, 0) is 11.5 Å². The highest BCUT2D eigenvalue weighted by atomic mass is 127. The molecule has 5 heteroatoms. The summed E-state index contributed by atoms with van der Waals surface area (Å²) in [4.78, 5) is 25.4. The van der Waals surface area contributed by atoms with Crippen LogP contribution in [-0.2, 0) is 9.59 Å². The topological polar surface area (TPSA) is 50.3 Å². The summed E-state index contributed by atoms with van der Waals surface area (Å²) in [5.74, 6) is -0.147. The molecule has 120 valence electrons. The van der Waals surface area contributed by atoms with Crippen LogP contribution in [0.3, 0.4) is 0 Å². The molecule has 1 fully saturated rings. The molecule has 2 amide bonds. The number of benzene rings is 2. The minimum absolute atomic E-state index is 0.0735. The number of nitrogens with zero attached hydrogens (tertiary/aromatic N) is 2. The number of pyridine rings is 1. The van der Waals surface area contributed by atoms with Crippen molar-refractivity contribution in [3.8, 4) is 11.3 Å². The fourth-order valence-electron chi connectivity index (χ4n) is 2.49. The third kappa shape index (κ3) is 3.62. The quantitative estimate of drug-likeness (QED) is 0.327. The molecular weight excluding hydrogens is 415 g/mol. The highest BCUT2D eigenvalue weighted by Gasteiger charge is 2.26. The molecule has 1 aromatic heterocycles. The van der Waals surface area contributed by atoms with Crippen LogP contribution in [0.5, 0.6) is 0 Å². The third-order valence-corrected chi connectivity index (χ3v) is 4.79. The number of hydrogen-bond acceptors (Lipinski definition) is 3. The maximum atomic E-state index is 10.5. The summed E-state index contributed by atoms with van der Waals surface area (Å²) in [7, 11) is 0. The Morgan fingerprint density at radius 1 is 0.833 bits per heavy atom. The van der Waals surface area contributed by atoms with Crippen LogP contribution in [-0.4, -0.2) is 19.9 Å². The van der Waals surface area contributed by atoms with E-state index in [0.717, 1.165) is 8.81 Å². The van der Waals surface area contributed by atoms with Gasteiger partial charge in [-0.2, -0.15) is 0 Å². The summed E-state index contributed by atoms with van der Waals surface area (Å²) in [5.41, 5.74) is 2.22. The predicted molar refractivity (Wildman–Crippen MR) is 102 cm³/mol. The number of carbonyl (C=O) groups is 2. The summed E-state index contributed by atoms with van der Waals surface area (Å²) in [6.45, 7) is 0. The van der Waals surface area contributed by atoms with Gasteiger partial charge in [-0.3, -0.25) is 14.6 Å². The van der Waals surface area contributed by atoms with Crippen molar-refractivity contribution in [2.75, 3.05) is 0 Å². The lowest BCUT2D eigenvalue weighted by molar-refractivity contribution is -0.130. The van der Waals surface area contributed by atoms with Crippen molar-refractivity contribution >= 4 is 45.5 Å². The maximum Gasteiger partial charge on any atom is 0.238 e. The summed E-state index contributed by atoms with van der Waals surface area (Å²) in [6, 6.07) is 20.7. The van der Waals surface area contributed by atoms with Gasteiger partial charge in [0, 0.05) is 30.0 Å².